The van der Waals surface area contributed by atoms with Crippen molar-refractivity contribution >= 4 is 5.91 Å². The number of amides is 1. The minimum absolute atomic E-state index is 0.0346. The molecule has 2 aromatic rings. The number of piperidine rings is 1. The zero-order valence-electron chi connectivity index (χ0n) is 13.0. The van der Waals surface area contributed by atoms with Gasteiger partial charge in [0.2, 0.25) is 0 Å². The van der Waals surface area contributed by atoms with Crippen LogP contribution in [0.15, 0.2) is 54.6 Å². The van der Waals surface area contributed by atoms with Gasteiger partial charge in [-0.1, -0.05) is 42.5 Å². The number of nitrogens with one attached hydrogen (secondary N) is 1. The topological polar surface area (TPSA) is 32.3 Å². The van der Waals surface area contributed by atoms with E-state index in [-0.39, 0.29) is 5.91 Å². The standard InChI is InChI=1S/C19H22N2O/c1-21-12-10-18(11-13-21)20-19(22)17-9-5-8-16(14-17)15-6-3-2-4-7-15/h2-9,14,18H,10-13H2,1H3,(H,20,22). The zero-order valence-corrected chi connectivity index (χ0v) is 13.0. The average molecular weight is 294 g/mol. The van der Waals surface area contributed by atoms with Crippen molar-refractivity contribution in [2.75, 3.05) is 20.1 Å². The molecule has 0 radical (unpaired) electrons. The molecule has 0 saturated carbocycles. The summed E-state index contributed by atoms with van der Waals surface area (Å²) in [4.78, 5) is 14.8. The second kappa shape index (κ2) is 6.75. The molecule has 1 aliphatic heterocycles. The van der Waals surface area contributed by atoms with Crippen LogP contribution in [0.4, 0.5) is 0 Å². The van der Waals surface area contributed by atoms with Crippen molar-refractivity contribution in [3.8, 4) is 11.1 Å². The Bertz CT molecular complexity index is 631. The molecular weight excluding hydrogens is 272 g/mol. The van der Waals surface area contributed by atoms with Crippen LogP contribution in [-0.4, -0.2) is 37.0 Å². The first kappa shape index (κ1) is 14.8. The molecule has 1 heterocycles. The van der Waals surface area contributed by atoms with E-state index in [1.54, 1.807) is 0 Å². The molecule has 0 unspecified atom stereocenters. The van der Waals surface area contributed by atoms with Crippen molar-refractivity contribution in [3.63, 3.8) is 0 Å². The number of likely N-dealkylation sites (tertiary alicyclic amines) is 1. The molecule has 1 saturated heterocycles. The van der Waals surface area contributed by atoms with Crippen LogP contribution in [-0.2, 0) is 0 Å². The molecule has 114 valence electrons. The Morgan fingerprint density at radius 3 is 2.41 bits per heavy atom. The highest BCUT2D eigenvalue weighted by Crippen LogP contribution is 2.20. The van der Waals surface area contributed by atoms with E-state index >= 15 is 0 Å². The van der Waals surface area contributed by atoms with Crippen LogP contribution in [0.2, 0.25) is 0 Å². The SMILES string of the molecule is CN1CCC(NC(=O)c2cccc(-c3ccccc3)c2)CC1. The smallest absolute Gasteiger partial charge is 0.251 e. The Morgan fingerprint density at radius 2 is 1.68 bits per heavy atom. The lowest BCUT2D eigenvalue weighted by molar-refractivity contribution is 0.0917. The van der Waals surface area contributed by atoms with E-state index in [0.29, 0.717) is 6.04 Å². The molecule has 3 nitrogen and oxygen atoms in total. The van der Waals surface area contributed by atoms with Gasteiger partial charge < -0.3 is 10.2 Å². The lowest BCUT2D eigenvalue weighted by Crippen LogP contribution is -2.43. The normalized spacial score (nSPS) is 16.4. The summed E-state index contributed by atoms with van der Waals surface area (Å²) in [5.74, 6) is 0.0346. The molecule has 1 amide bonds. The van der Waals surface area contributed by atoms with Crippen LogP contribution < -0.4 is 5.32 Å². The number of nitrogens with zero attached hydrogens (tertiary/aromatic N) is 1. The van der Waals surface area contributed by atoms with E-state index in [1.807, 2.05) is 42.5 Å². The lowest BCUT2D eigenvalue weighted by atomic mass is 10.0. The number of hydrogen-bond donors (Lipinski definition) is 1. The largest absolute Gasteiger partial charge is 0.349 e. The number of carbonyl (C=O) groups is 1. The third-order valence-electron chi connectivity index (χ3n) is 4.29. The van der Waals surface area contributed by atoms with Gasteiger partial charge in [-0.05, 0) is 56.2 Å². The molecule has 0 aromatic heterocycles. The van der Waals surface area contributed by atoms with Gasteiger partial charge in [0.15, 0.2) is 0 Å². The minimum Gasteiger partial charge on any atom is -0.349 e. The van der Waals surface area contributed by atoms with E-state index in [1.165, 1.54) is 0 Å². The third kappa shape index (κ3) is 3.55. The number of benzene rings is 2. The molecular formula is C19H22N2O. The van der Waals surface area contributed by atoms with Gasteiger partial charge in [-0.2, -0.15) is 0 Å². The average Bonchev–Trinajstić information content (AvgIpc) is 2.58. The first-order valence-electron chi connectivity index (χ1n) is 7.87. The highest BCUT2D eigenvalue weighted by molar-refractivity contribution is 5.95. The van der Waals surface area contributed by atoms with E-state index in [4.69, 9.17) is 0 Å². The maximum Gasteiger partial charge on any atom is 0.251 e. The maximum absolute atomic E-state index is 12.5. The second-order valence-electron chi connectivity index (χ2n) is 6.00. The van der Waals surface area contributed by atoms with Crippen LogP contribution in [0.5, 0.6) is 0 Å². The second-order valence-corrected chi connectivity index (χ2v) is 6.00. The molecule has 0 spiro atoms. The van der Waals surface area contributed by atoms with Crippen LogP contribution in [0.1, 0.15) is 23.2 Å². The first-order valence-corrected chi connectivity index (χ1v) is 7.87. The molecule has 22 heavy (non-hydrogen) atoms. The lowest BCUT2D eigenvalue weighted by Gasteiger charge is -2.29. The summed E-state index contributed by atoms with van der Waals surface area (Å²) in [7, 11) is 2.13. The molecule has 1 N–H and O–H groups in total. The van der Waals surface area contributed by atoms with Gasteiger partial charge in [-0.25, -0.2) is 0 Å². The van der Waals surface area contributed by atoms with Gasteiger partial charge in [0.1, 0.15) is 0 Å². The van der Waals surface area contributed by atoms with Crippen molar-refractivity contribution in [1.29, 1.82) is 0 Å². The Morgan fingerprint density at radius 1 is 1.00 bits per heavy atom. The number of rotatable bonds is 3. The molecule has 3 rings (SSSR count). The number of carbonyl (C=O) groups excluding carboxylic acids is 1. The molecule has 0 atom stereocenters. The van der Waals surface area contributed by atoms with Crippen molar-refractivity contribution in [2.24, 2.45) is 0 Å². The summed E-state index contributed by atoms with van der Waals surface area (Å²) < 4.78 is 0. The minimum atomic E-state index is 0.0346. The highest BCUT2D eigenvalue weighted by atomic mass is 16.1. The van der Waals surface area contributed by atoms with Crippen molar-refractivity contribution in [2.45, 2.75) is 18.9 Å². The van der Waals surface area contributed by atoms with Crippen molar-refractivity contribution in [1.82, 2.24) is 10.2 Å². The van der Waals surface area contributed by atoms with Gasteiger partial charge in [-0.3, -0.25) is 4.79 Å². The molecule has 0 bridgehead atoms. The fourth-order valence-electron chi connectivity index (χ4n) is 2.89. The van der Waals surface area contributed by atoms with E-state index in [9.17, 15) is 4.79 Å². The van der Waals surface area contributed by atoms with Crippen LogP contribution in [0, 0.1) is 0 Å². The van der Waals surface area contributed by atoms with Gasteiger partial charge >= 0.3 is 0 Å². The van der Waals surface area contributed by atoms with Crippen molar-refractivity contribution < 1.29 is 4.79 Å². The fourth-order valence-corrected chi connectivity index (χ4v) is 2.89. The quantitative estimate of drug-likeness (QED) is 0.943. The van der Waals surface area contributed by atoms with Gasteiger partial charge in [-0.15, -0.1) is 0 Å². The predicted molar refractivity (Wildman–Crippen MR) is 89.9 cm³/mol. The predicted octanol–water partition coefficient (Wildman–Crippen LogP) is 3.18. The van der Waals surface area contributed by atoms with Gasteiger partial charge in [0.05, 0.1) is 0 Å². The monoisotopic (exact) mass is 294 g/mol. The number of hydrogen-bond acceptors (Lipinski definition) is 2. The first-order chi connectivity index (χ1) is 10.7. The Kier molecular flexibility index (Phi) is 4.54. The summed E-state index contributed by atoms with van der Waals surface area (Å²) in [6.45, 7) is 2.10. The summed E-state index contributed by atoms with van der Waals surface area (Å²) in [5, 5.41) is 3.17. The molecule has 1 aliphatic rings. The molecule has 3 heteroatoms. The fraction of sp³-hybridized carbons (Fsp3) is 0.316. The third-order valence-corrected chi connectivity index (χ3v) is 4.29. The highest BCUT2D eigenvalue weighted by Gasteiger charge is 2.19. The zero-order chi connectivity index (χ0) is 15.4. The van der Waals surface area contributed by atoms with Crippen LogP contribution in [0.3, 0.4) is 0 Å². The van der Waals surface area contributed by atoms with Crippen molar-refractivity contribution in [3.05, 3.63) is 60.2 Å². The summed E-state index contributed by atoms with van der Waals surface area (Å²) in [6.07, 6.45) is 2.06. The van der Waals surface area contributed by atoms with Gasteiger partial charge in [0.25, 0.3) is 5.91 Å². The van der Waals surface area contributed by atoms with E-state index < -0.39 is 0 Å². The molecule has 2 aromatic carbocycles. The van der Waals surface area contributed by atoms with Crippen LogP contribution >= 0.6 is 0 Å². The van der Waals surface area contributed by atoms with E-state index in [0.717, 1.165) is 42.6 Å². The summed E-state index contributed by atoms with van der Waals surface area (Å²) in [6, 6.07) is 18.3. The van der Waals surface area contributed by atoms with E-state index in [2.05, 4.69) is 29.4 Å². The Balaban J connectivity index is 1.71. The summed E-state index contributed by atoms with van der Waals surface area (Å²) >= 11 is 0. The van der Waals surface area contributed by atoms with Crippen LogP contribution in [0.25, 0.3) is 11.1 Å². The summed E-state index contributed by atoms with van der Waals surface area (Å²) in [5.41, 5.74) is 2.95. The molecule has 1 fully saturated rings. The molecule has 0 aliphatic carbocycles. The van der Waals surface area contributed by atoms with Gasteiger partial charge in [0, 0.05) is 11.6 Å². The Labute approximate surface area is 132 Å². The Hall–Kier alpha value is -2.13. The maximum atomic E-state index is 12.5.